The van der Waals surface area contributed by atoms with Gasteiger partial charge in [0.15, 0.2) is 0 Å². The second-order valence-electron chi connectivity index (χ2n) is 5.62. The van der Waals surface area contributed by atoms with E-state index in [2.05, 4.69) is 21.5 Å². The second kappa shape index (κ2) is 6.46. The summed E-state index contributed by atoms with van der Waals surface area (Å²) >= 11 is 0. The van der Waals surface area contributed by atoms with Crippen molar-refractivity contribution in [2.24, 2.45) is 0 Å². The molecule has 0 radical (unpaired) electrons. The molecular formula is C20H15N5. The van der Waals surface area contributed by atoms with Crippen LogP contribution in [0.25, 0.3) is 16.6 Å². The Morgan fingerprint density at radius 2 is 1.80 bits per heavy atom. The fraction of sp³-hybridized carbons (Fsp3) is 0.0500. The van der Waals surface area contributed by atoms with Crippen LogP contribution in [-0.2, 0) is 6.54 Å². The molecule has 0 unspecified atom stereocenters. The van der Waals surface area contributed by atoms with E-state index in [1.165, 1.54) is 0 Å². The molecule has 5 nitrogen and oxygen atoms in total. The Morgan fingerprint density at radius 3 is 2.64 bits per heavy atom. The van der Waals surface area contributed by atoms with Crippen LogP contribution in [-0.4, -0.2) is 14.8 Å². The number of fused-ring (bicyclic) bond motifs is 1. The Morgan fingerprint density at radius 1 is 1.00 bits per heavy atom. The summed E-state index contributed by atoms with van der Waals surface area (Å²) in [5, 5.41) is 18.1. The van der Waals surface area contributed by atoms with Gasteiger partial charge >= 0.3 is 0 Å². The molecule has 0 aliphatic rings. The van der Waals surface area contributed by atoms with Gasteiger partial charge < -0.3 is 5.32 Å². The number of nitrogens with one attached hydrogen (secondary N) is 1. The first kappa shape index (κ1) is 14.9. The predicted octanol–water partition coefficient (Wildman–Crippen LogP) is 3.90. The molecule has 0 fully saturated rings. The third-order valence-corrected chi connectivity index (χ3v) is 3.96. The molecule has 1 N–H and O–H groups in total. The Kier molecular flexibility index (Phi) is 3.85. The van der Waals surface area contributed by atoms with Crippen LogP contribution in [0.1, 0.15) is 11.4 Å². The average molecular weight is 325 g/mol. The number of hydrogen-bond acceptors (Lipinski definition) is 4. The van der Waals surface area contributed by atoms with E-state index in [9.17, 15) is 5.26 Å². The van der Waals surface area contributed by atoms with E-state index in [4.69, 9.17) is 0 Å². The monoisotopic (exact) mass is 325 g/mol. The van der Waals surface area contributed by atoms with E-state index in [1.54, 1.807) is 6.07 Å². The van der Waals surface area contributed by atoms with Crippen molar-refractivity contribution in [1.29, 1.82) is 5.26 Å². The van der Waals surface area contributed by atoms with Crippen LogP contribution in [0.4, 0.5) is 5.69 Å². The molecule has 0 aliphatic carbocycles. The predicted molar refractivity (Wildman–Crippen MR) is 97.3 cm³/mol. The Bertz CT molecular complexity index is 1060. The van der Waals surface area contributed by atoms with Crippen LogP contribution in [0, 0.1) is 11.3 Å². The maximum atomic E-state index is 9.18. The van der Waals surface area contributed by atoms with Gasteiger partial charge in [-0.25, -0.2) is 9.67 Å². The summed E-state index contributed by atoms with van der Waals surface area (Å²) < 4.78 is 1.85. The van der Waals surface area contributed by atoms with E-state index in [0.29, 0.717) is 12.2 Å². The molecule has 2 heterocycles. The topological polar surface area (TPSA) is 66.5 Å². The number of aromatic nitrogens is 3. The molecule has 0 atom stereocenters. The number of benzene rings is 2. The third-order valence-electron chi connectivity index (χ3n) is 3.96. The van der Waals surface area contributed by atoms with Crippen molar-refractivity contribution in [3.05, 3.63) is 84.3 Å². The van der Waals surface area contributed by atoms with Gasteiger partial charge in [0, 0.05) is 17.3 Å². The molecule has 0 aliphatic heterocycles. The van der Waals surface area contributed by atoms with Crippen LogP contribution in [0.15, 0.2) is 72.9 Å². The zero-order valence-electron chi connectivity index (χ0n) is 13.4. The van der Waals surface area contributed by atoms with Crippen LogP contribution >= 0.6 is 0 Å². The van der Waals surface area contributed by atoms with Crippen LogP contribution in [0.3, 0.4) is 0 Å². The zero-order chi connectivity index (χ0) is 17.1. The number of nitrogens with zero attached hydrogens (tertiary/aromatic N) is 4. The Hall–Kier alpha value is -3.65. The van der Waals surface area contributed by atoms with E-state index in [0.717, 1.165) is 28.0 Å². The fourth-order valence-electron chi connectivity index (χ4n) is 2.75. The first-order chi connectivity index (χ1) is 12.3. The maximum absolute atomic E-state index is 9.18. The molecule has 120 valence electrons. The van der Waals surface area contributed by atoms with Gasteiger partial charge in [-0.15, -0.1) is 0 Å². The van der Waals surface area contributed by atoms with Crippen molar-refractivity contribution in [2.75, 3.05) is 5.32 Å². The van der Waals surface area contributed by atoms with Crippen LogP contribution in [0.2, 0.25) is 0 Å². The van der Waals surface area contributed by atoms with Crippen molar-refractivity contribution >= 4 is 16.6 Å². The minimum Gasteiger partial charge on any atom is -0.379 e. The molecule has 0 spiro atoms. The fourth-order valence-corrected chi connectivity index (χ4v) is 2.75. The van der Waals surface area contributed by atoms with Crippen LogP contribution < -0.4 is 5.32 Å². The van der Waals surface area contributed by atoms with Crippen molar-refractivity contribution in [2.45, 2.75) is 6.54 Å². The SMILES string of the molecule is N#Cc1cc(NCc2ccn(-c3ccccc3)n2)c2ccccc2n1. The molecule has 0 amide bonds. The highest BCUT2D eigenvalue weighted by atomic mass is 15.3. The summed E-state index contributed by atoms with van der Waals surface area (Å²) in [5.74, 6) is 0. The van der Waals surface area contributed by atoms with Gasteiger partial charge in [-0.05, 0) is 30.3 Å². The van der Waals surface area contributed by atoms with Crippen LogP contribution in [0.5, 0.6) is 0 Å². The Labute approximate surface area is 145 Å². The highest BCUT2D eigenvalue weighted by molar-refractivity contribution is 5.91. The average Bonchev–Trinajstić information content (AvgIpc) is 3.15. The van der Waals surface area contributed by atoms with E-state index in [1.807, 2.05) is 71.5 Å². The van der Waals surface area contributed by atoms with E-state index >= 15 is 0 Å². The summed E-state index contributed by atoms with van der Waals surface area (Å²) in [6, 6.07) is 23.6. The van der Waals surface area contributed by atoms with Crippen molar-refractivity contribution in [3.63, 3.8) is 0 Å². The molecule has 4 aromatic rings. The van der Waals surface area contributed by atoms with Crippen molar-refractivity contribution in [3.8, 4) is 11.8 Å². The molecule has 4 rings (SSSR count). The van der Waals surface area contributed by atoms with Crippen molar-refractivity contribution in [1.82, 2.24) is 14.8 Å². The highest BCUT2D eigenvalue weighted by Crippen LogP contribution is 2.23. The summed E-state index contributed by atoms with van der Waals surface area (Å²) in [6.45, 7) is 0.568. The van der Waals surface area contributed by atoms with Gasteiger partial charge in [0.25, 0.3) is 0 Å². The van der Waals surface area contributed by atoms with Gasteiger partial charge in [0.1, 0.15) is 11.8 Å². The molecular weight excluding hydrogens is 310 g/mol. The summed E-state index contributed by atoms with van der Waals surface area (Å²) in [5.41, 5.74) is 4.03. The van der Waals surface area contributed by atoms with Gasteiger partial charge in [0.2, 0.25) is 0 Å². The van der Waals surface area contributed by atoms with Gasteiger partial charge in [-0.1, -0.05) is 36.4 Å². The minimum absolute atomic E-state index is 0.399. The maximum Gasteiger partial charge on any atom is 0.143 e. The standard InChI is InChI=1S/C20H15N5/c21-13-16-12-20(18-8-4-5-9-19(18)23-16)22-14-15-10-11-25(24-15)17-6-2-1-3-7-17/h1-12H,14H2,(H,22,23). The lowest BCUT2D eigenvalue weighted by molar-refractivity contribution is 0.844. The Balaban J connectivity index is 1.59. The number of rotatable bonds is 4. The molecule has 2 aromatic carbocycles. The third kappa shape index (κ3) is 3.06. The number of anilines is 1. The number of pyridine rings is 1. The first-order valence-corrected chi connectivity index (χ1v) is 7.97. The quantitative estimate of drug-likeness (QED) is 0.618. The van der Waals surface area contributed by atoms with Gasteiger partial charge in [0.05, 0.1) is 23.4 Å². The van der Waals surface area contributed by atoms with Gasteiger partial charge in [-0.2, -0.15) is 10.4 Å². The normalized spacial score (nSPS) is 10.5. The van der Waals surface area contributed by atoms with E-state index < -0.39 is 0 Å². The summed E-state index contributed by atoms with van der Waals surface area (Å²) in [7, 11) is 0. The molecule has 0 saturated carbocycles. The lowest BCUT2D eigenvalue weighted by atomic mass is 10.1. The number of para-hydroxylation sites is 2. The van der Waals surface area contributed by atoms with Crippen molar-refractivity contribution < 1.29 is 0 Å². The smallest absolute Gasteiger partial charge is 0.143 e. The summed E-state index contributed by atoms with van der Waals surface area (Å²) in [6.07, 6.45) is 1.94. The largest absolute Gasteiger partial charge is 0.379 e. The first-order valence-electron chi connectivity index (χ1n) is 7.97. The molecule has 0 bridgehead atoms. The minimum atomic E-state index is 0.399. The number of nitriles is 1. The summed E-state index contributed by atoms with van der Waals surface area (Å²) in [4.78, 5) is 4.33. The van der Waals surface area contributed by atoms with Gasteiger partial charge in [-0.3, -0.25) is 0 Å². The zero-order valence-corrected chi connectivity index (χ0v) is 13.4. The molecule has 0 saturated heterocycles. The molecule has 5 heteroatoms. The molecule has 2 aromatic heterocycles. The lowest BCUT2D eigenvalue weighted by Crippen LogP contribution is -2.03. The molecule has 25 heavy (non-hydrogen) atoms. The van der Waals surface area contributed by atoms with E-state index in [-0.39, 0.29) is 0 Å². The lowest BCUT2D eigenvalue weighted by Gasteiger charge is -2.09. The highest BCUT2D eigenvalue weighted by Gasteiger charge is 2.06. The number of hydrogen-bond donors (Lipinski definition) is 1. The second-order valence-corrected chi connectivity index (χ2v) is 5.62.